The lowest BCUT2D eigenvalue weighted by molar-refractivity contribution is 0.163. The van der Waals surface area contributed by atoms with Gasteiger partial charge < -0.3 is 5.32 Å². The summed E-state index contributed by atoms with van der Waals surface area (Å²) >= 11 is 0. The van der Waals surface area contributed by atoms with Crippen LogP contribution < -0.4 is 5.32 Å². The van der Waals surface area contributed by atoms with Crippen LogP contribution in [0.4, 0.5) is 4.39 Å². The molecule has 0 amide bonds. The Morgan fingerprint density at radius 2 is 2.26 bits per heavy atom. The standard InChI is InChI=1S/C15H22FN3/c1-11(12-8-13(16)10-17-9-12)19-7-3-5-15(19)14-4-2-6-18-14/h8-11,14-15,18H,2-7H2,1H3. The number of nitrogens with zero attached hydrogens (tertiary/aromatic N) is 2. The lowest BCUT2D eigenvalue weighted by atomic mass is 10.0. The van der Waals surface area contributed by atoms with Crippen LogP contribution in [0.15, 0.2) is 18.5 Å². The second-order valence-corrected chi connectivity index (χ2v) is 5.76. The third kappa shape index (κ3) is 2.65. The molecule has 2 fully saturated rings. The van der Waals surface area contributed by atoms with Crippen molar-refractivity contribution in [2.24, 2.45) is 0 Å². The van der Waals surface area contributed by atoms with E-state index in [1.165, 1.54) is 31.9 Å². The lowest BCUT2D eigenvalue weighted by Gasteiger charge is -2.34. The largest absolute Gasteiger partial charge is 0.312 e. The first-order valence-electron chi connectivity index (χ1n) is 7.35. The van der Waals surface area contributed by atoms with Crippen molar-refractivity contribution in [3.8, 4) is 0 Å². The predicted octanol–water partition coefficient (Wildman–Crippen LogP) is 2.50. The Labute approximate surface area is 114 Å². The van der Waals surface area contributed by atoms with Gasteiger partial charge >= 0.3 is 0 Å². The highest BCUT2D eigenvalue weighted by atomic mass is 19.1. The van der Waals surface area contributed by atoms with Gasteiger partial charge in [0.25, 0.3) is 0 Å². The summed E-state index contributed by atoms with van der Waals surface area (Å²) in [5.41, 5.74) is 0.991. The van der Waals surface area contributed by atoms with Crippen LogP contribution in [0.1, 0.15) is 44.2 Å². The zero-order valence-corrected chi connectivity index (χ0v) is 11.5. The molecule has 0 bridgehead atoms. The first kappa shape index (κ1) is 13.0. The first-order chi connectivity index (χ1) is 9.25. The number of pyridine rings is 1. The number of likely N-dealkylation sites (tertiary alicyclic amines) is 1. The summed E-state index contributed by atoms with van der Waals surface area (Å²) in [7, 11) is 0. The summed E-state index contributed by atoms with van der Waals surface area (Å²) in [6, 6.07) is 3.08. The van der Waals surface area contributed by atoms with Crippen molar-refractivity contribution in [3.63, 3.8) is 0 Å². The van der Waals surface area contributed by atoms with Gasteiger partial charge in [-0.15, -0.1) is 0 Å². The molecule has 3 unspecified atom stereocenters. The second kappa shape index (κ2) is 5.55. The molecule has 104 valence electrons. The van der Waals surface area contributed by atoms with Crippen LogP contribution >= 0.6 is 0 Å². The minimum absolute atomic E-state index is 0.237. The van der Waals surface area contributed by atoms with Crippen molar-refractivity contribution >= 4 is 0 Å². The Morgan fingerprint density at radius 1 is 1.37 bits per heavy atom. The third-order valence-corrected chi connectivity index (χ3v) is 4.61. The molecular formula is C15H22FN3. The monoisotopic (exact) mass is 263 g/mol. The van der Waals surface area contributed by atoms with E-state index >= 15 is 0 Å². The smallest absolute Gasteiger partial charge is 0.141 e. The molecule has 0 spiro atoms. The van der Waals surface area contributed by atoms with Gasteiger partial charge in [-0.3, -0.25) is 9.88 Å². The molecular weight excluding hydrogens is 241 g/mol. The summed E-state index contributed by atoms with van der Waals surface area (Å²) < 4.78 is 13.3. The molecule has 0 saturated carbocycles. The van der Waals surface area contributed by atoms with Gasteiger partial charge in [0.1, 0.15) is 5.82 Å². The van der Waals surface area contributed by atoms with Crippen LogP contribution in [-0.2, 0) is 0 Å². The average Bonchev–Trinajstić information content (AvgIpc) is 3.08. The molecule has 0 aromatic carbocycles. The van der Waals surface area contributed by atoms with E-state index in [1.807, 2.05) is 0 Å². The van der Waals surface area contributed by atoms with Crippen LogP contribution in [0.5, 0.6) is 0 Å². The van der Waals surface area contributed by atoms with Gasteiger partial charge in [-0.2, -0.15) is 0 Å². The minimum Gasteiger partial charge on any atom is -0.312 e. The number of rotatable bonds is 3. The zero-order valence-electron chi connectivity index (χ0n) is 11.5. The summed E-state index contributed by atoms with van der Waals surface area (Å²) in [4.78, 5) is 6.51. The van der Waals surface area contributed by atoms with Crippen molar-refractivity contribution in [1.82, 2.24) is 15.2 Å². The normalized spacial score (nSPS) is 29.8. The molecule has 1 aromatic rings. The van der Waals surface area contributed by atoms with Crippen LogP contribution in [0.25, 0.3) is 0 Å². The molecule has 2 aliphatic rings. The van der Waals surface area contributed by atoms with E-state index in [2.05, 4.69) is 22.1 Å². The zero-order chi connectivity index (χ0) is 13.2. The SMILES string of the molecule is CC(c1cncc(F)c1)N1CCCC1C1CCCN1. The van der Waals surface area contributed by atoms with Gasteiger partial charge in [-0.1, -0.05) is 0 Å². The highest BCUT2D eigenvalue weighted by Crippen LogP contribution is 2.32. The fraction of sp³-hybridized carbons (Fsp3) is 0.667. The maximum Gasteiger partial charge on any atom is 0.141 e. The fourth-order valence-electron chi connectivity index (χ4n) is 3.62. The van der Waals surface area contributed by atoms with Crippen LogP contribution in [0, 0.1) is 5.82 Å². The van der Waals surface area contributed by atoms with Crippen molar-refractivity contribution in [2.75, 3.05) is 13.1 Å². The lowest BCUT2D eigenvalue weighted by Crippen LogP contribution is -2.44. The Morgan fingerprint density at radius 3 is 3.00 bits per heavy atom. The maximum absolute atomic E-state index is 13.3. The van der Waals surface area contributed by atoms with Gasteiger partial charge in [0.2, 0.25) is 0 Å². The number of aromatic nitrogens is 1. The van der Waals surface area contributed by atoms with E-state index in [4.69, 9.17) is 0 Å². The Bertz CT molecular complexity index is 431. The molecule has 3 nitrogen and oxygen atoms in total. The van der Waals surface area contributed by atoms with E-state index in [1.54, 1.807) is 12.3 Å². The molecule has 4 heteroatoms. The summed E-state index contributed by atoms with van der Waals surface area (Å²) in [5, 5.41) is 3.61. The number of halogens is 1. The molecule has 1 aromatic heterocycles. The molecule has 1 N–H and O–H groups in total. The average molecular weight is 263 g/mol. The Balaban J connectivity index is 1.76. The molecule has 0 radical (unpaired) electrons. The molecule has 0 aliphatic carbocycles. The highest BCUT2D eigenvalue weighted by Gasteiger charge is 2.35. The topological polar surface area (TPSA) is 28.2 Å². The number of nitrogens with one attached hydrogen (secondary N) is 1. The van der Waals surface area contributed by atoms with Gasteiger partial charge in [-0.25, -0.2) is 4.39 Å². The summed E-state index contributed by atoms with van der Waals surface area (Å²) in [6.45, 7) is 4.43. The quantitative estimate of drug-likeness (QED) is 0.908. The number of hydrogen-bond donors (Lipinski definition) is 1. The molecule has 3 atom stereocenters. The molecule has 2 aliphatic heterocycles. The van der Waals surface area contributed by atoms with Crippen molar-refractivity contribution < 1.29 is 4.39 Å². The number of hydrogen-bond acceptors (Lipinski definition) is 3. The van der Waals surface area contributed by atoms with E-state index < -0.39 is 0 Å². The van der Waals surface area contributed by atoms with Crippen molar-refractivity contribution in [2.45, 2.75) is 50.7 Å². The molecule has 3 rings (SSSR count). The molecule has 19 heavy (non-hydrogen) atoms. The fourth-order valence-corrected chi connectivity index (χ4v) is 3.62. The van der Waals surface area contributed by atoms with E-state index in [0.29, 0.717) is 12.1 Å². The Kier molecular flexibility index (Phi) is 3.80. The Hall–Kier alpha value is -1.00. The second-order valence-electron chi connectivity index (χ2n) is 5.76. The van der Waals surface area contributed by atoms with E-state index in [9.17, 15) is 4.39 Å². The van der Waals surface area contributed by atoms with Crippen LogP contribution in [-0.4, -0.2) is 35.1 Å². The van der Waals surface area contributed by atoms with Crippen molar-refractivity contribution in [1.29, 1.82) is 0 Å². The highest BCUT2D eigenvalue weighted by molar-refractivity contribution is 5.15. The van der Waals surface area contributed by atoms with Crippen LogP contribution in [0.3, 0.4) is 0 Å². The summed E-state index contributed by atoms with van der Waals surface area (Å²) in [5.74, 6) is -0.237. The van der Waals surface area contributed by atoms with Gasteiger partial charge in [-0.05, 0) is 57.3 Å². The molecule has 2 saturated heterocycles. The third-order valence-electron chi connectivity index (χ3n) is 4.61. The first-order valence-corrected chi connectivity index (χ1v) is 7.35. The van der Waals surface area contributed by atoms with E-state index in [-0.39, 0.29) is 11.9 Å². The predicted molar refractivity (Wildman–Crippen MR) is 73.4 cm³/mol. The van der Waals surface area contributed by atoms with Gasteiger partial charge in [0.15, 0.2) is 0 Å². The van der Waals surface area contributed by atoms with Gasteiger partial charge in [0, 0.05) is 24.3 Å². The minimum atomic E-state index is -0.237. The van der Waals surface area contributed by atoms with Crippen LogP contribution in [0.2, 0.25) is 0 Å². The van der Waals surface area contributed by atoms with E-state index in [0.717, 1.165) is 18.7 Å². The maximum atomic E-state index is 13.3. The van der Waals surface area contributed by atoms with Gasteiger partial charge in [0.05, 0.1) is 6.20 Å². The molecule has 3 heterocycles. The van der Waals surface area contributed by atoms with Crippen molar-refractivity contribution in [3.05, 3.63) is 29.8 Å². The summed E-state index contributed by atoms with van der Waals surface area (Å²) in [6.07, 6.45) is 8.13.